The summed E-state index contributed by atoms with van der Waals surface area (Å²) in [6.45, 7) is 2.56. The van der Waals surface area contributed by atoms with E-state index in [1.807, 2.05) is 35.0 Å². The lowest BCUT2D eigenvalue weighted by Crippen LogP contribution is -2.24. The van der Waals surface area contributed by atoms with Crippen molar-refractivity contribution in [3.8, 4) is 0 Å². The smallest absolute Gasteiger partial charge is 0.272 e. The Hall–Kier alpha value is -2.56. The molecule has 3 aromatic heterocycles. The molecule has 1 atom stereocenters. The largest absolute Gasteiger partial charge is 0.292 e. The quantitative estimate of drug-likeness (QED) is 0.481. The van der Waals surface area contributed by atoms with Crippen LogP contribution in [0.15, 0.2) is 45.4 Å². The van der Waals surface area contributed by atoms with Crippen molar-refractivity contribution in [1.29, 1.82) is 0 Å². The van der Waals surface area contributed by atoms with E-state index in [1.54, 1.807) is 19.2 Å². The summed E-state index contributed by atoms with van der Waals surface area (Å²) < 4.78 is 27.4. The number of aromatic nitrogens is 4. The molecule has 0 aliphatic carbocycles. The first-order valence-corrected chi connectivity index (χ1v) is 11.8. The Morgan fingerprint density at radius 3 is 2.52 bits per heavy atom. The molecule has 0 aliphatic rings. The van der Waals surface area contributed by atoms with Crippen molar-refractivity contribution in [3.63, 3.8) is 0 Å². The number of thiophene rings is 1. The molecule has 152 valence electrons. The van der Waals surface area contributed by atoms with Crippen molar-refractivity contribution >= 4 is 37.2 Å². The Morgan fingerprint density at radius 2 is 1.86 bits per heavy atom. The maximum absolute atomic E-state index is 12.5. The number of hydrogen-bond donors (Lipinski definition) is 0. The summed E-state index contributed by atoms with van der Waals surface area (Å²) in [7, 11) is 0.459. The summed E-state index contributed by atoms with van der Waals surface area (Å²) >= 11 is 1.41. The van der Waals surface area contributed by atoms with Gasteiger partial charge in [0.15, 0.2) is 15.7 Å². The van der Waals surface area contributed by atoms with Gasteiger partial charge in [-0.2, -0.15) is 0 Å². The molecule has 0 amide bonds. The van der Waals surface area contributed by atoms with Gasteiger partial charge in [-0.3, -0.25) is 18.7 Å². The van der Waals surface area contributed by atoms with Crippen LogP contribution in [-0.2, 0) is 23.4 Å². The maximum atomic E-state index is 12.5. The average Bonchev–Trinajstić information content (AvgIpc) is 3.32. The van der Waals surface area contributed by atoms with Crippen LogP contribution in [0.5, 0.6) is 0 Å². The number of hydrogen-bond acceptors (Lipinski definition) is 7. The second kappa shape index (κ2) is 7.05. The van der Waals surface area contributed by atoms with Gasteiger partial charge in [-0.05, 0) is 43.1 Å². The topological polar surface area (TPSA) is 89.6 Å². The molecule has 3 heterocycles. The van der Waals surface area contributed by atoms with Crippen LogP contribution in [0.25, 0.3) is 16.0 Å². The van der Waals surface area contributed by atoms with Crippen molar-refractivity contribution < 1.29 is 8.42 Å². The molecule has 0 unspecified atom stereocenters. The number of rotatable bonds is 5. The summed E-state index contributed by atoms with van der Waals surface area (Å²) in [6.07, 6.45) is 1.20. The van der Waals surface area contributed by atoms with E-state index < -0.39 is 9.84 Å². The number of fused-ring (bicyclic) bond motifs is 3. The highest BCUT2D eigenvalue weighted by atomic mass is 32.2. The predicted molar refractivity (Wildman–Crippen MR) is 113 cm³/mol. The van der Waals surface area contributed by atoms with Gasteiger partial charge in [-0.15, -0.1) is 21.5 Å². The minimum absolute atomic E-state index is 0.0291. The van der Waals surface area contributed by atoms with Gasteiger partial charge in [0.1, 0.15) is 4.70 Å². The van der Waals surface area contributed by atoms with E-state index in [0.29, 0.717) is 21.9 Å². The second-order valence-electron chi connectivity index (χ2n) is 7.18. The van der Waals surface area contributed by atoms with Crippen LogP contribution in [0.3, 0.4) is 0 Å². The molecule has 4 aromatic rings. The van der Waals surface area contributed by atoms with E-state index in [-0.39, 0.29) is 11.6 Å². The van der Waals surface area contributed by atoms with Crippen molar-refractivity contribution in [3.05, 3.63) is 57.5 Å². The Kier molecular flexibility index (Phi) is 4.80. The summed E-state index contributed by atoms with van der Waals surface area (Å²) in [6, 6.07) is 8.87. The van der Waals surface area contributed by atoms with E-state index in [2.05, 4.69) is 22.0 Å². The molecule has 0 aliphatic heterocycles. The van der Waals surface area contributed by atoms with Crippen molar-refractivity contribution in [2.24, 2.45) is 7.05 Å². The summed E-state index contributed by atoms with van der Waals surface area (Å²) in [5, 5.41) is 10.4. The first-order valence-electron chi connectivity index (χ1n) is 8.99. The van der Waals surface area contributed by atoms with Crippen LogP contribution in [0.4, 0.5) is 0 Å². The zero-order valence-electron chi connectivity index (χ0n) is 16.5. The molecule has 0 spiro atoms. The molecule has 0 saturated carbocycles. The van der Waals surface area contributed by atoms with Crippen LogP contribution < -0.4 is 5.56 Å². The van der Waals surface area contributed by atoms with Crippen molar-refractivity contribution in [2.75, 3.05) is 13.3 Å². The predicted octanol–water partition coefficient (Wildman–Crippen LogP) is 2.24. The number of benzene rings is 1. The van der Waals surface area contributed by atoms with Gasteiger partial charge < -0.3 is 0 Å². The lowest BCUT2D eigenvalue weighted by molar-refractivity contribution is 0.246. The number of sulfone groups is 1. The SMILES string of the molecule is C[C@@H](c1ccc(S(C)(=O)=O)cc1)N(C)Cc1nnc2n(C)c(=O)c3sccc3n12. The fraction of sp³-hybridized carbons (Fsp3) is 0.316. The van der Waals surface area contributed by atoms with Crippen molar-refractivity contribution in [1.82, 2.24) is 24.1 Å². The van der Waals surface area contributed by atoms with Crippen LogP contribution in [0, 0.1) is 0 Å². The molecule has 0 N–H and O–H groups in total. The van der Waals surface area contributed by atoms with E-state index in [1.165, 1.54) is 22.2 Å². The Labute approximate surface area is 172 Å². The minimum Gasteiger partial charge on any atom is -0.292 e. The van der Waals surface area contributed by atoms with Crippen LogP contribution >= 0.6 is 11.3 Å². The molecule has 10 heteroatoms. The highest BCUT2D eigenvalue weighted by Crippen LogP contribution is 2.24. The Morgan fingerprint density at radius 1 is 1.17 bits per heavy atom. The summed E-state index contributed by atoms with van der Waals surface area (Å²) in [5.74, 6) is 1.25. The van der Waals surface area contributed by atoms with E-state index in [9.17, 15) is 13.2 Å². The molecule has 29 heavy (non-hydrogen) atoms. The zero-order chi connectivity index (χ0) is 20.9. The third-order valence-corrected chi connectivity index (χ3v) is 7.26. The monoisotopic (exact) mass is 431 g/mol. The van der Waals surface area contributed by atoms with E-state index in [4.69, 9.17) is 0 Å². The molecule has 0 bridgehead atoms. The average molecular weight is 432 g/mol. The van der Waals surface area contributed by atoms with Crippen LogP contribution in [0.1, 0.15) is 24.4 Å². The van der Waals surface area contributed by atoms with Gasteiger partial charge in [-0.1, -0.05) is 12.1 Å². The van der Waals surface area contributed by atoms with Gasteiger partial charge >= 0.3 is 0 Å². The number of aryl methyl sites for hydroxylation is 1. The van der Waals surface area contributed by atoms with Crippen molar-refractivity contribution in [2.45, 2.75) is 24.4 Å². The zero-order valence-corrected chi connectivity index (χ0v) is 18.2. The molecule has 0 radical (unpaired) electrons. The summed E-state index contributed by atoms with van der Waals surface area (Å²) in [4.78, 5) is 14.9. The van der Waals surface area contributed by atoms with Gasteiger partial charge in [0, 0.05) is 19.3 Å². The minimum atomic E-state index is -3.22. The van der Waals surface area contributed by atoms with Gasteiger partial charge in [0.2, 0.25) is 5.78 Å². The van der Waals surface area contributed by atoms with E-state index >= 15 is 0 Å². The van der Waals surface area contributed by atoms with Gasteiger partial charge in [-0.25, -0.2) is 8.42 Å². The summed E-state index contributed by atoms with van der Waals surface area (Å²) in [5.41, 5.74) is 1.74. The van der Waals surface area contributed by atoms with Crippen LogP contribution in [0.2, 0.25) is 0 Å². The van der Waals surface area contributed by atoms with E-state index in [0.717, 1.165) is 16.9 Å². The highest BCUT2D eigenvalue weighted by Gasteiger charge is 2.19. The van der Waals surface area contributed by atoms with Gasteiger partial charge in [0.25, 0.3) is 5.56 Å². The lowest BCUT2D eigenvalue weighted by atomic mass is 10.1. The highest BCUT2D eigenvalue weighted by molar-refractivity contribution is 7.90. The third kappa shape index (κ3) is 3.37. The molecule has 8 nitrogen and oxygen atoms in total. The molecule has 1 aromatic carbocycles. The molecular formula is C19H21N5O3S2. The molecule has 0 fully saturated rings. The standard InChI is InChI=1S/C19H21N5O3S2/c1-12(13-5-7-14(8-6-13)29(4,26)27)22(2)11-16-20-21-19-23(3)18(25)17-15(24(16)19)9-10-28-17/h5-10,12H,11H2,1-4H3/t12-/m0/s1. The first kappa shape index (κ1) is 19.7. The molecule has 0 saturated heterocycles. The molecular weight excluding hydrogens is 410 g/mol. The van der Waals surface area contributed by atoms with Crippen LogP contribution in [-0.4, -0.2) is 45.8 Å². The maximum Gasteiger partial charge on any atom is 0.272 e. The number of nitrogens with zero attached hydrogens (tertiary/aromatic N) is 5. The third-order valence-electron chi connectivity index (χ3n) is 5.24. The van der Waals surface area contributed by atoms with Gasteiger partial charge in [0.05, 0.1) is 17.0 Å². The lowest BCUT2D eigenvalue weighted by Gasteiger charge is -2.24. The Bertz CT molecular complexity index is 1370. The normalized spacial score (nSPS) is 13.6. The molecule has 4 rings (SSSR count). The first-order chi connectivity index (χ1) is 13.7. The Balaban J connectivity index is 1.67. The second-order valence-corrected chi connectivity index (χ2v) is 10.1. The fourth-order valence-electron chi connectivity index (χ4n) is 3.36. The fourth-order valence-corrected chi connectivity index (χ4v) is 4.84.